The maximum atomic E-state index is 12.3. The lowest BCUT2D eigenvalue weighted by Crippen LogP contribution is -2.21. The van der Waals surface area contributed by atoms with Gasteiger partial charge in [-0.15, -0.1) is 10.2 Å². The van der Waals surface area contributed by atoms with Gasteiger partial charge in [-0.2, -0.15) is 4.80 Å². The fraction of sp³-hybridized carbons (Fsp3) is 0.167. The second-order valence-electron chi connectivity index (χ2n) is 5.58. The van der Waals surface area contributed by atoms with Gasteiger partial charge in [-0.05, 0) is 29.8 Å². The molecule has 0 spiro atoms. The number of carbonyl (C=O) groups excluding carboxylic acids is 2. The Morgan fingerprint density at radius 3 is 2.65 bits per heavy atom. The third-order valence-electron chi connectivity index (χ3n) is 3.70. The Morgan fingerprint density at radius 2 is 1.92 bits per heavy atom. The number of nitrogens with one attached hydrogen (secondary N) is 1. The predicted molar refractivity (Wildman–Crippen MR) is 94.4 cm³/mol. The van der Waals surface area contributed by atoms with Crippen molar-refractivity contribution in [3.63, 3.8) is 0 Å². The largest absolute Gasteiger partial charge is 0.465 e. The molecule has 0 aliphatic carbocycles. The van der Waals surface area contributed by atoms with Crippen LogP contribution in [-0.4, -0.2) is 39.2 Å². The van der Waals surface area contributed by atoms with E-state index in [-0.39, 0.29) is 12.5 Å². The molecular weight excluding hydrogens is 334 g/mol. The van der Waals surface area contributed by atoms with Gasteiger partial charge >= 0.3 is 5.97 Å². The predicted octanol–water partition coefficient (Wildman–Crippen LogP) is 2.07. The Bertz CT molecular complexity index is 937. The van der Waals surface area contributed by atoms with Gasteiger partial charge in [0, 0.05) is 11.3 Å². The third kappa shape index (κ3) is 3.92. The van der Waals surface area contributed by atoms with Crippen LogP contribution in [0.5, 0.6) is 0 Å². The summed E-state index contributed by atoms with van der Waals surface area (Å²) in [4.78, 5) is 25.1. The zero-order chi connectivity index (χ0) is 18.5. The molecular formula is C18H17N5O3. The van der Waals surface area contributed by atoms with Crippen molar-refractivity contribution in [1.29, 1.82) is 0 Å². The van der Waals surface area contributed by atoms with E-state index in [0.29, 0.717) is 17.1 Å². The monoisotopic (exact) mass is 351 g/mol. The fourth-order valence-corrected chi connectivity index (χ4v) is 2.33. The first-order valence-electron chi connectivity index (χ1n) is 7.89. The zero-order valence-corrected chi connectivity index (χ0v) is 14.3. The summed E-state index contributed by atoms with van der Waals surface area (Å²) in [5.74, 6) is -0.347. The van der Waals surface area contributed by atoms with Gasteiger partial charge in [0.2, 0.25) is 11.7 Å². The third-order valence-corrected chi connectivity index (χ3v) is 3.70. The van der Waals surface area contributed by atoms with E-state index in [1.54, 1.807) is 18.2 Å². The van der Waals surface area contributed by atoms with Crippen LogP contribution < -0.4 is 5.32 Å². The van der Waals surface area contributed by atoms with Crippen LogP contribution in [0.3, 0.4) is 0 Å². The zero-order valence-electron chi connectivity index (χ0n) is 14.3. The molecule has 26 heavy (non-hydrogen) atoms. The summed E-state index contributed by atoms with van der Waals surface area (Å²) in [5.41, 5.74) is 2.53. The molecule has 0 aliphatic rings. The van der Waals surface area contributed by atoms with E-state index in [1.165, 1.54) is 11.9 Å². The highest BCUT2D eigenvalue weighted by atomic mass is 16.5. The number of hydrogen-bond donors (Lipinski definition) is 1. The molecule has 1 aromatic heterocycles. The van der Waals surface area contributed by atoms with Crippen LogP contribution in [0.2, 0.25) is 0 Å². The minimum atomic E-state index is -0.467. The second kappa shape index (κ2) is 7.56. The second-order valence-corrected chi connectivity index (χ2v) is 5.58. The summed E-state index contributed by atoms with van der Waals surface area (Å²) in [6.07, 6.45) is 0. The van der Waals surface area contributed by atoms with Gasteiger partial charge in [-0.3, -0.25) is 4.79 Å². The van der Waals surface area contributed by atoms with Gasteiger partial charge in [0.25, 0.3) is 0 Å². The molecule has 1 heterocycles. The smallest absolute Gasteiger partial charge is 0.337 e. The molecule has 8 heteroatoms. The van der Waals surface area contributed by atoms with E-state index >= 15 is 0 Å². The average molecular weight is 351 g/mol. The molecule has 0 aliphatic heterocycles. The van der Waals surface area contributed by atoms with E-state index in [2.05, 4.69) is 20.7 Å². The standard InChI is InChI=1S/C18H17N5O3/c1-12-8-9-14(18(25)26-2)10-15(12)19-16(24)11-23-21-17(20-22-23)13-6-4-3-5-7-13/h3-10H,11H2,1-2H3,(H,19,24). The number of tetrazole rings is 1. The fourth-order valence-electron chi connectivity index (χ4n) is 2.33. The maximum Gasteiger partial charge on any atom is 0.337 e. The number of carbonyl (C=O) groups is 2. The molecule has 0 unspecified atom stereocenters. The van der Waals surface area contributed by atoms with Crippen LogP contribution >= 0.6 is 0 Å². The lowest BCUT2D eigenvalue weighted by molar-refractivity contribution is -0.117. The lowest BCUT2D eigenvalue weighted by Gasteiger charge is -2.09. The van der Waals surface area contributed by atoms with Crippen LogP contribution in [0.25, 0.3) is 11.4 Å². The van der Waals surface area contributed by atoms with Crippen LogP contribution in [0.15, 0.2) is 48.5 Å². The number of aromatic nitrogens is 4. The van der Waals surface area contributed by atoms with Gasteiger partial charge in [-0.1, -0.05) is 36.4 Å². The highest BCUT2D eigenvalue weighted by Crippen LogP contribution is 2.18. The number of aryl methyl sites for hydroxylation is 1. The van der Waals surface area contributed by atoms with E-state index in [1.807, 2.05) is 37.3 Å². The molecule has 8 nitrogen and oxygen atoms in total. The van der Waals surface area contributed by atoms with E-state index in [0.717, 1.165) is 11.1 Å². The number of methoxy groups -OCH3 is 1. The van der Waals surface area contributed by atoms with Crippen molar-refractivity contribution in [1.82, 2.24) is 20.2 Å². The van der Waals surface area contributed by atoms with E-state index < -0.39 is 5.97 Å². The quantitative estimate of drug-likeness (QED) is 0.707. The highest BCUT2D eigenvalue weighted by molar-refractivity contribution is 5.95. The normalized spacial score (nSPS) is 10.4. The Balaban J connectivity index is 1.70. The Kier molecular flexibility index (Phi) is 5.02. The Hall–Kier alpha value is -3.55. The van der Waals surface area contributed by atoms with Crippen LogP contribution in [-0.2, 0) is 16.1 Å². The van der Waals surface area contributed by atoms with Crippen molar-refractivity contribution in [3.8, 4) is 11.4 Å². The van der Waals surface area contributed by atoms with Gasteiger partial charge in [0.1, 0.15) is 6.54 Å². The van der Waals surface area contributed by atoms with Crippen molar-refractivity contribution >= 4 is 17.6 Å². The molecule has 0 saturated heterocycles. The van der Waals surface area contributed by atoms with E-state index in [4.69, 9.17) is 4.74 Å². The molecule has 1 amide bonds. The van der Waals surface area contributed by atoms with Gasteiger partial charge in [0.05, 0.1) is 12.7 Å². The van der Waals surface area contributed by atoms with Crippen molar-refractivity contribution in [2.75, 3.05) is 12.4 Å². The van der Waals surface area contributed by atoms with Gasteiger partial charge < -0.3 is 10.1 Å². The molecule has 2 aromatic carbocycles. The van der Waals surface area contributed by atoms with Crippen molar-refractivity contribution in [2.45, 2.75) is 13.5 Å². The Morgan fingerprint density at radius 1 is 1.15 bits per heavy atom. The van der Waals surface area contributed by atoms with Crippen LogP contribution in [0.4, 0.5) is 5.69 Å². The molecule has 0 fully saturated rings. The van der Waals surface area contributed by atoms with Crippen LogP contribution in [0.1, 0.15) is 15.9 Å². The van der Waals surface area contributed by atoms with Crippen LogP contribution in [0, 0.1) is 6.92 Å². The molecule has 0 saturated carbocycles. The first kappa shape index (κ1) is 17.3. The van der Waals surface area contributed by atoms with Gasteiger partial charge in [0.15, 0.2) is 0 Å². The first-order valence-corrected chi connectivity index (χ1v) is 7.89. The van der Waals surface area contributed by atoms with Crippen molar-refractivity contribution in [3.05, 3.63) is 59.7 Å². The number of ether oxygens (including phenoxy) is 1. The summed E-state index contributed by atoms with van der Waals surface area (Å²) < 4.78 is 4.69. The molecule has 132 valence electrons. The van der Waals surface area contributed by atoms with Gasteiger partial charge in [-0.25, -0.2) is 4.79 Å². The van der Waals surface area contributed by atoms with Crippen molar-refractivity contribution < 1.29 is 14.3 Å². The maximum absolute atomic E-state index is 12.3. The summed E-state index contributed by atoms with van der Waals surface area (Å²) in [6.45, 7) is 1.74. The summed E-state index contributed by atoms with van der Waals surface area (Å²) in [5, 5.41) is 14.8. The number of benzene rings is 2. The molecule has 3 rings (SSSR count). The SMILES string of the molecule is COC(=O)c1ccc(C)c(NC(=O)Cn2nnc(-c3ccccc3)n2)c1. The van der Waals surface area contributed by atoms with Crippen molar-refractivity contribution in [2.24, 2.45) is 0 Å². The Labute approximate surface area is 149 Å². The number of esters is 1. The molecule has 0 bridgehead atoms. The number of hydrogen-bond acceptors (Lipinski definition) is 6. The number of amides is 1. The number of anilines is 1. The highest BCUT2D eigenvalue weighted by Gasteiger charge is 2.12. The number of nitrogens with zero attached hydrogens (tertiary/aromatic N) is 4. The lowest BCUT2D eigenvalue weighted by atomic mass is 10.1. The average Bonchev–Trinajstić information content (AvgIpc) is 3.12. The summed E-state index contributed by atoms with van der Waals surface area (Å²) >= 11 is 0. The first-order chi connectivity index (χ1) is 12.6. The number of rotatable bonds is 5. The summed E-state index contributed by atoms with van der Waals surface area (Å²) in [6, 6.07) is 14.3. The summed E-state index contributed by atoms with van der Waals surface area (Å²) in [7, 11) is 1.31. The van der Waals surface area contributed by atoms with E-state index in [9.17, 15) is 9.59 Å². The minimum Gasteiger partial charge on any atom is -0.465 e. The topological polar surface area (TPSA) is 99.0 Å². The minimum absolute atomic E-state index is 0.0955. The molecule has 1 N–H and O–H groups in total. The molecule has 0 radical (unpaired) electrons. The molecule has 0 atom stereocenters. The molecule has 3 aromatic rings.